The zero-order chi connectivity index (χ0) is 20.9. The number of nitrogens with one attached hydrogen (secondary N) is 1. The molecule has 1 aliphatic rings. The molecule has 0 saturated carbocycles. The van der Waals surface area contributed by atoms with Crippen LogP contribution in [0.4, 0.5) is 11.4 Å². The summed E-state index contributed by atoms with van der Waals surface area (Å²) < 4.78 is 10.4. The maximum absolute atomic E-state index is 12.7. The topological polar surface area (TPSA) is 71.8 Å². The summed E-state index contributed by atoms with van der Waals surface area (Å²) in [6, 6.07) is 16.8. The lowest BCUT2D eigenvalue weighted by Gasteiger charge is -2.29. The minimum absolute atomic E-state index is 0.0369. The second-order valence-electron chi connectivity index (χ2n) is 7.28. The van der Waals surface area contributed by atoms with E-state index in [9.17, 15) is 9.59 Å². The van der Waals surface area contributed by atoms with Gasteiger partial charge in [-0.2, -0.15) is 0 Å². The predicted molar refractivity (Wildman–Crippen MR) is 115 cm³/mol. The number of rotatable bonds is 6. The molecule has 0 fully saturated rings. The molecule has 1 aliphatic heterocycles. The summed E-state index contributed by atoms with van der Waals surface area (Å²) in [7, 11) is 1.63. The van der Waals surface area contributed by atoms with Crippen LogP contribution in [0.1, 0.15) is 34.5 Å². The molecule has 0 bridgehead atoms. The van der Waals surface area contributed by atoms with E-state index in [0.29, 0.717) is 25.1 Å². The van der Waals surface area contributed by atoms with Crippen LogP contribution in [0, 0.1) is 0 Å². The summed E-state index contributed by atoms with van der Waals surface area (Å²) in [5.41, 5.74) is 3.76. The molecule has 1 aromatic heterocycles. The second kappa shape index (κ2) is 8.86. The highest BCUT2D eigenvalue weighted by Gasteiger charge is 2.25. The molecule has 2 heterocycles. The van der Waals surface area contributed by atoms with Gasteiger partial charge in [-0.3, -0.25) is 9.59 Å². The molecule has 0 spiro atoms. The highest BCUT2D eigenvalue weighted by atomic mass is 16.5. The van der Waals surface area contributed by atoms with Gasteiger partial charge in [0.1, 0.15) is 5.75 Å². The third kappa shape index (κ3) is 4.38. The van der Waals surface area contributed by atoms with Crippen molar-refractivity contribution in [3.05, 3.63) is 77.7 Å². The average Bonchev–Trinajstić information content (AvgIpc) is 3.32. The number of fused-ring (bicyclic) bond motifs is 1. The number of ether oxygens (including phenoxy) is 1. The van der Waals surface area contributed by atoms with Crippen molar-refractivity contribution < 1.29 is 18.7 Å². The van der Waals surface area contributed by atoms with Gasteiger partial charge >= 0.3 is 0 Å². The highest BCUT2D eigenvalue weighted by molar-refractivity contribution is 6.05. The Bertz CT molecular complexity index is 1030. The lowest BCUT2D eigenvalue weighted by molar-refractivity contribution is -0.116. The van der Waals surface area contributed by atoms with Crippen molar-refractivity contribution in [2.24, 2.45) is 0 Å². The summed E-state index contributed by atoms with van der Waals surface area (Å²) in [4.78, 5) is 26.8. The number of furan rings is 1. The SMILES string of the molecule is COc1ccc(CCC(=O)Nc2ccc3c(c2)CCCN3C(=O)c2ccco2)cc1. The normalized spacial score (nSPS) is 12.9. The fourth-order valence-corrected chi connectivity index (χ4v) is 3.69. The quantitative estimate of drug-likeness (QED) is 0.659. The minimum atomic E-state index is -0.141. The number of carbonyl (C=O) groups excluding carboxylic acids is 2. The molecule has 2 aromatic carbocycles. The zero-order valence-corrected chi connectivity index (χ0v) is 16.9. The van der Waals surface area contributed by atoms with E-state index in [-0.39, 0.29) is 11.8 Å². The van der Waals surface area contributed by atoms with Crippen LogP contribution in [-0.4, -0.2) is 25.5 Å². The molecule has 6 heteroatoms. The first-order valence-electron chi connectivity index (χ1n) is 10.0. The first-order valence-corrected chi connectivity index (χ1v) is 10.0. The van der Waals surface area contributed by atoms with Crippen LogP contribution in [0.3, 0.4) is 0 Å². The van der Waals surface area contributed by atoms with Crippen molar-refractivity contribution in [3.8, 4) is 5.75 Å². The van der Waals surface area contributed by atoms with Gasteiger partial charge in [0.25, 0.3) is 5.91 Å². The maximum atomic E-state index is 12.7. The summed E-state index contributed by atoms with van der Waals surface area (Å²) in [6.45, 7) is 0.653. The lowest BCUT2D eigenvalue weighted by atomic mass is 10.0. The van der Waals surface area contributed by atoms with Gasteiger partial charge in [-0.25, -0.2) is 0 Å². The fraction of sp³-hybridized carbons (Fsp3) is 0.250. The van der Waals surface area contributed by atoms with E-state index in [4.69, 9.17) is 9.15 Å². The molecule has 6 nitrogen and oxygen atoms in total. The van der Waals surface area contributed by atoms with Crippen LogP contribution < -0.4 is 15.0 Å². The van der Waals surface area contributed by atoms with Gasteiger partial charge in [-0.15, -0.1) is 0 Å². The Labute approximate surface area is 175 Å². The maximum Gasteiger partial charge on any atom is 0.293 e. The summed E-state index contributed by atoms with van der Waals surface area (Å²) in [5, 5.41) is 2.97. The Balaban J connectivity index is 1.39. The van der Waals surface area contributed by atoms with Crippen LogP contribution >= 0.6 is 0 Å². The van der Waals surface area contributed by atoms with Crippen molar-refractivity contribution in [2.75, 3.05) is 23.9 Å². The van der Waals surface area contributed by atoms with Crippen molar-refractivity contribution in [3.63, 3.8) is 0 Å². The molecule has 2 amide bonds. The van der Waals surface area contributed by atoms with E-state index < -0.39 is 0 Å². The third-order valence-corrected chi connectivity index (χ3v) is 5.26. The third-order valence-electron chi connectivity index (χ3n) is 5.26. The van der Waals surface area contributed by atoms with E-state index in [1.54, 1.807) is 24.1 Å². The first kappa shape index (κ1) is 19.8. The van der Waals surface area contributed by atoms with Gasteiger partial charge in [0.2, 0.25) is 5.91 Å². The van der Waals surface area contributed by atoms with E-state index in [1.165, 1.54) is 6.26 Å². The Morgan fingerprint density at radius 1 is 1.13 bits per heavy atom. The van der Waals surface area contributed by atoms with Crippen LogP contribution in [-0.2, 0) is 17.6 Å². The average molecular weight is 404 g/mol. The Morgan fingerprint density at radius 3 is 2.70 bits per heavy atom. The molecule has 0 unspecified atom stereocenters. The lowest BCUT2D eigenvalue weighted by Crippen LogP contribution is -2.35. The number of hydrogen-bond acceptors (Lipinski definition) is 4. The van der Waals surface area contributed by atoms with Gasteiger partial charge in [-0.1, -0.05) is 12.1 Å². The number of anilines is 2. The van der Waals surface area contributed by atoms with Gasteiger partial charge in [-0.05, 0) is 72.9 Å². The highest BCUT2D eigenvalue weighted by Crippen LogP contribution is 2.31. The van der Waals surface area contributed by atoms with Gasteiger partial charge in [0, 0.05) is 24.3 Å². The molecule has 0 aliphatic carbocycles. The number of benzene rings is 2. The molecule has 0 radical (unpaired) electrons. The van der Waals surface area contributed by atoms with E-state index >= 15 is 0 Å². The predicted octanol–water partition coefficient (Wildman–Crippen LogP) is 4.45. The molecule has 0 atom stereocenters. The van der Waals surface area contributed by atoms with Gasteiger partial charge in [0.05, 0.1) is 13.4 Å². The molecule has 30 heavy (non-hydrogen) atoms. The molecule has 0 saturated heterocycles. The number of methoxy groups -OCH3 is 1. The fourth-order valence-electron chi connectivity index (χ4n) is 3.69. The number of nitrogens with zero attached hydrogens (tertiary/aromatic N) is 1. The van der Waals surface area contributed by atoms with Crippen molar-refractivity contribution in [1.29, 1.82) is 0 Å². The van der Waals surface area contributed by atoms with Crippen molar-refractivity contribution in [1.82, 2.24) is 0 Å². The second-order valence-corrected chi connectivity index (χ2v) is 7.28. The Kier molecular flexibility index (Phi) is 5.84. The van der Waals surface area contributed by atoms with Gasteiger partial charge in [0.15, 0.2) is 5.76 Å². The van der Waals surface area contributed by atoms with Crippen LogP contribution in [0.5, 0.6) is 5.75 Å². The summed E-state index contributed by atoms with van der Waals surface area (Å²) >= 11 is 0. The minimum Gasteiger partial charge on any atom is -0.497 e. The van der Waals surface area contributed by atoms with Crippen LogP contribution in [0.15, 0.2) is 65.3 Å². The van der Waals surface area contributed by atoms with E-state index in [0.717, 1.165) is 41.1 Å². The Hall–Kier alpha value is -3.54. The number of amides is 2. The first-order chi connectivity index (χ1) is 14.6. The molecular weight excluding hydrogens is 380 g/mol. The van der Waals surface area contributed by atoms with Crippen LogP contribution in [0.25, 0.3) is 0 Å². The summed E-state index contributed by atoms with van der Waals surface area (Å²) in [6.07, 6.45) is 4.29. The van der Waals surface area contributed by atoms with Gasteiger partial charge < -0.3 is 19.4 Å². The standard InChI is InChI=1S/C24H24N2O4/c1-29-20-10-6-17(7-11-20)8-13-23(27)25-19-9-12-21-18(16-19)4-2-14-26(21)24(28)22-5-3-15-30-22/h3,5-7,9-12,15-16H,2,4,8,13-14H2,1H3,(H,25,27). The molecule has 4 rings (SSSR count). The smallest absolute Gasteiger partial charge is 0.293 e. The monoisotopic (exact) mass is 404 g/mol. The summed E-state index contributed by atoms with van der Waals surface area (Å²) in [5.74, 6) is 0.956. The molecular formula is C24H24N2O4. The van der Waals surface area contributed by atoms with Crippen molar-refractivity contribution >= 4 is 23.2 Å². The van der Waals surface area contributed by atoms with Crippen molar-refractivity contribution in [2.45, 2.75) is 25.7 Å². The van der Waals surface area contributed by atoms with E-state index in [2.05, 4.69) is 5.32 Å². The van der Waals surface area contributed by atoms with E-state index in [1.807, 2.05) is 42.5 Å². The van der Waals surface area contributed by atoms with Crippen LogP contribution in [0.2, 0.25) is 0 Å². The largest absolute Gasteiger partial charge is 0.497 e. The zero-order valence-electron chi connectivity index (χ0n) is 16.9. The molecule has 3 aromatic rings. The number of aryl methyl sites for hydroxylation is 2. The number of hydrogen-bond donors (Lipinski definition) is 1. The molecule has 154 valence electrons. The molecule has 1 N–H and O–H groups in total. The Morgan fingerprint density at radius 2 is 1.97 bits per heavy atom. The number of carbonyl (C=O) groups is 2.